The lowest BCUT2D eigenvalue weighted by Gasteiger charge is -2.21. The van der Waals surface area contributed by atoms with Gasteiger partial charge in [-0.2, -0.15) is 4.68 Å². The van der Waals surface area contributed by atoms with E-state index >= 15 is 0 Å². The maximum atomic E-state index is 13.8. The highest BCUT2D eigenvalue weighted by Gasteiger charge is 2.23. The number of hydrogen-bond acceptors (Lipinski definition) is 7. The third-order valence-corrected chi connectivity index (χ3v) is 6.54. The number of nitrogens with zero attached hydrogens (tertiary/aromatic N) is 7. The molecule has 0 spiro atoms. The lowest BCUT2D eigenvalue weighted by molar-refractivity contribution is 0.405. The molecular weight excluding hydrogens is 504 g/mol. The summed E-state index contributed by atoms with van der Waals surface area (Å²) < 4.78 is 8.94. The van der Waals surface area contributed by atoms with Gasteiger partial charge in [-0.05, 0) is 46.3 Å². The molecule has 0 amide bonds. The van der Waals surface area contributed by atoms with E-state index in [-0.39, 0.29) is 5.56 Å². The molecule has 0 radical (unpaired) electrons. The highest BCUT2D eigenvalue weighted by molar-refractivity contribution is 6.31. The first kappa shape index (κ1) is 23.6. The fourth-order valence-corrected chi connectivity index (χ4v) is 4.70. The zero-order valence-corrected chi connectivity index (χ0v) is 20.9. The van der Waals surface area contributed by atoms with Crippen LogP contribution in [0.15, 0.2) is 90.2 Å². The Bertz CT molecular complexity index is 1750. The maximum Gasteiger partial charge on any atom is 0.252 e. The van der Waals surface area contributed by atoms with Crippen molar-refractivity contribution in [3.05, 3.63) is 112 Å². The summed E-state index contributed by atoms with van der Waals surface area (Å²) in [5.74, 6) is 1.10. The monoisotopic (exact) mass is 524 g/mol. The molecule has 6 rings (SSSR count). The second-order valence-electron chi connectivity index (χ2n) is 8.62. The molecule has 0 aliphatic rings. The normalized spacial score (nSPS) is 12.1. The molecule has 1 atom stereocenters. The second-order valence-corrected chi connectivity index (χ2v) is 9.05. The minimum absolute atomic E-state index is 0.238. The average molecular weight is 525 g/mol. The van der Waals surface area contributed by atoms with Gasteiger partial charge in [0.2, 0.25) is 0 Å². The molecule has 38 heavy (non-hydrogen) atoms. The van der Waals surface area contributed by atoms with E-state index in [1.54, 1.807) is 42.3 Å². The molecule has 0 fully saturated rings. The Morgan fingerprint density at radius 2 is 1.92 bits per heavy atom. The number of hydrogen-bond donors (Lipinski definition) is 1. The summed E-state index contributed by atoms with van der Waals surface area (Å²) in [5, 5.41) is 12.0. The van der Waals surface area contributed by atoms with Gasteiger partial charge < -0.3 is 14.3 Å². The first-order chi connectivity index (χ1) is 18.6. The first-order valence-electron chi connectivity index (χ1n) is 11.8. The van der Waals surface area contributed by atoms with Crippen molar-refractivity contribution in [2.45, 2.75) is 12.5 Å². The largest absolute Gasteiger partial charge is 0.495 e. The van der Waals surface area contributed by atoms with E-state index in [2.05, 4.69) is 25.5 Å². The molecule has 1 N–H and O–H groups in total. The molecule has 0 saturated carbocycles. The van der Waals surface area contributed by atoms with Crippen LogP contribution in [0.4, 0.5) is 0 Å². The summed E-state index contributed by atoms with van der Waals surface area (Å²) >= 11 is 6.35. The first-order valence-corrected chi connectivity index (χ1v) is 12.2. The van der Waals surface area contributed by atoms with Crippen molar-refractivity contribution in [2.75, 3.05) is 7.11 Å². The predicted molar refractivity (Wildman–Crippen MR) is 143 cm³/mol. The number of imidazole rings is 1. The molecule has 6 aromatic rings. The molecule has 4 heterocycles. The zero-order chi connectivity index (χ0) is 26.1. The van der Waals surface area contributed by atoms with Crippen molar-refractivity contribution in [3.63, 3.8) is 0 Å². The van der Waals surface area contributed by atoms with E-state index in [0.29, 0.717) is 45.5 Å². The van der Waals surface area contributed by atoms with Gasteiger partial charge in [0.15, 0.2) is 5.65 Å². The fraction of sp³-hybridized carbons (Fsp3) is 0.111. The van der Waals surface area contributed by atoms with E-state index in [0.717, 1.165) is 11.1 Å². The number of aromatic amines is 1. The number of halogens is 1. The number of aromatic nitrogens is 8. The predicted octanol–water partition coefficient (Wildman–Crippen LogP) is 4.26. The van der Waals surface area contributed by atoms with Crippen LogP contribution in [0.5, 0.6) is 5.75 Å². The Labute approximate surface area is 221 Å². The van der Waals surface area contributed by atoms with Crippen LogP contribution >= 0.6 is 11.6 Å². The van der Waals surface area contributed by atoms with Crippen molar-refractivity contribution in [1.82, 2.24) is 39.7 Å². The number of rotatable bonds is 7. The smallest absolute Gasteiger partial charge is 0.252 e. The van der Waals surface area contributed by atoms with Gasteiger partial charge in [0.1, 0.15) is 23.4 Å². The average Bonchev–Trinajstić information content (AvgIpc) is 3.63. The van der Waals surface area contributed by atoms with E-state index in [4.69, 9.17) is 21.3 Å². The maximum absolute atomic E-state index is 13.8. The summed E-state index contributed by atoms with van der Waals surface area (Å²) in [7, 11) is 1.56. The van der Waals surface area contributed by atoms with Crippen molar-refractivity contribution in [1.29, 1.82) is 0 Å². The number of H-pyrrole nitrogens is 1. The van der Waals surface area contributed by atoms with Gasteiger partial charge in [0.25, 0.3) is 5.56 Å². The molecule has 0 aliphatic carbocycles. The van der Waals surface area contributed by atoms with Crippen LogP contribution in [0, 0.1) is 0 Å². The van der Waals surface area contributed by atoms with Gasteiger partial charge in [0.05, 0.1) is 25.0 Å². The highest BCUT2D eigenvalue weighted by atomic mass is 35.5. The SMILES string of the molecule is COc1cn([C@@H](Cc2ccccc2)c2nc3cccnc3[nH]2)c(=O)cc1-c1cc(Cl)ccc1-n1cnnn1. The summed E-state index contributed by atoms with van der Waals surface area (Å²) in [6, 6.07) is 20.0. The molecule has 0 saturated heterocycles. The lowest BCUT2D eigenvalue weighted by Crippen LogP contribution is -2.27. The van der Waals surface area contributed by atoms with Gasteiger partial charge in [0, 0.05) is 34.8 Å². The minimum atomic E-state index is -0.444. The van der Waals surface area contributed by atoms with E-state index in [1.165, 1.54) is 17.1 Å². The molecule has 2 aromatic carbocycles. The quantitative estimate of drug-likeness (QED) is 0.331. The third kappa shape index (κ3) is 4.41. The number of methoxy groups -OCH3 is 1. The van der Waals surface area contributed by atoms with Crippen LogP contribution in [0.2, 0.25) is 5.02 Å². The van der Waals surface area contributed by atoms with Crippen LogP contribution < -0.4 is 10.3 Å². The van der Waals surface area contributed by atoms with Crippen molar-refractivity contribution in [3.8, 4) is 22.6 Å². The number of tetrazole rings is 1. The summed E-state index contributed by atoms with van der Waals surface area (Å²) in [6.07, 6.45) is 5.41. The Balaban J connectivity index is 1.52. The summed E-state index contributed by atoms with van der Waals surface area (Å²) in [6.45, 7) is 0. The number of benzene rings is 2. The molecule has 0 unspecified atom stereocenters. The van der Waals surface area contributed by atoms with Gasteiger partial charge in [-0.3, -0.25) is 4.79 Å². The minimum Gasteiger partial charge on any atom is -0.495 e. The number of nitrogens with one attached hydrogen (secondary N) is 1. The third-order valence-electron chi connectivity index (χ3n) is 6.31. The van der Waals surface area contributed by atoms with Crippen molar-refractivity contribution >= 4 is 22.8 Å². The standard InChI is InChI=1S/C27H21ClN8O2/c1-38-24-15-35(25(37)14-20(24)19-13-18(28)9-10-22(19)36-16-30-33-34-36)23(12-17-6-3-2-4-7-17)27-31-21-8-5-11-29-26(21)32-27/h2-11,13-16,23H,12H2,1H3,(H,29,31,32)/t23-/m0/s1. The topological polar surface area (TPSA) is 116 Å². The van der Waals surface area contributed by atoms with Gasteiger partial charge in [-0.15, -0.1) is 5.10 Å². The zero-order valence-electron chi connectivity index (χ0n) is 20.2. The fourth-order valence-electron chi connectivity index (χ4n) is 4.53. The van der Waals surface area contributed by atoms with Crippen LogP contribution in [0.3, 0.4) is 0 Å². The molecule has 10 nitrogen and oxygen atoms in total. The van der Waals surface area contributed by atoms with Crippen LogP contribution in [-0.2, 0) is 6.42 Å². The van der Waals surface area contributed by atoms with E-state index in [9.17, 15) is 4.79 Å². The summed E-state index contributed by atoms with van der Waals surface area (Å²) in [4.78, 5) is 26.2. The second kappa shape index (κ2) is 9.91. The highest BCUT2D eigenvalue weighted by Crippen LogP contribution is 2.35. The van der Waals surface area contributed by atoms with E-state index < -0.39 is 6.04 Å². The Kier molecular flexibility index (Phi) is 6.14. The van der Waals surface area contributed by atoms with E-state index in [1.807, 2.05) is 42.5 Å². The van der Waals surface area contributed by atoms with Gasteiger partial charge in [-0.25, -0.2) is 9.97 Å². The molecule has 0 aliphatic heterocycles. The van der Waals surface area contributed by atoms with Gasteiger partial charge in [-0.1, -0.05) is 41.9 Å². The number of ether oxygens (including phenoxy) is 1. The number of pyridine rings is 2. The summed E-state index contributed by atoms with van der Waals surface area (Å²) in [5.41, 5.74) is 4.06. The number of fused-ring (bicyclic) bond motifs is 1. The lowest BCUT2D eigenvalue weighted by atomic mass is 10.0. The van der Waals surface area contributed by atoms with Crippen LogP contribution in [-0.4, -0.2) is 46.8 Å². The molecular formula is C27H21ClN8O2. The Morgan fingerprint density at radius 1 is 1.05 bits per heavy atom. The van der Waals surface area contributed by atoms with Gasteiger partial charge >= 0.3 is 0 Å². The van der Waals surface area contributed by atoms with Crippen molar-refractivity contribution < 1.29 is 4.74 Å². The Hall–Kier alpha value is -4.83. The molecule has 0 bridgehead atoms. The van der Waals surface area contributed by atoms with Crippen molar-refractivity contribution in [2.24, 2.45) is 0 Å². The Morgan fingerprint density at radius 3 is 2.68 bits per heavy atom. The van der Waals surface area contributed by atoms with Crippen LogP contribution in [0.25, 0.3) is 28.0 Å². The molecule has 4 aromatic heterocycles. The molecule has 188 valence electrons. The van der Waals surface area contributed by atoms with Crippen LogP contribution in [0.1, 0.15) is 17.4 Å². The molecule has 11 heteroatoms.